The summed E-state index contributed by atoms with van der Waals surface area (Å²) in [7, 11) is -3.16. The van der Waals surface area contributed by atoms with Crippen LogP contribution in [0.4, 0.5) is 0 Å². The fourth-order valence-corrected chi connectivity index (χ4v) is 5.32. The molecule has 3 fully saturated rings. The highest BCUT2D eigenvalue weighted by Crippen LogP contribution is 2.41. The molecular formula is C11H19NO4S. The zero-order chi connectivity index (χ0) is 12.1. The van der Waals surface area contributed by atoms with Gasteiger partial charge in [-0.3, -0.25) is 0 Å². The Morgan fingerprint density at radius 3 is 2.59 bits per heavy atom. The Morgan fingerprint density at radius 2 is 2.06 bits per heavy atom. The minimum absolute atomic E-state index is 0.121. The van der Waals surface area contributed by atoms with Gasteiger partial charge in [-0.2, -0.15) is 0 Å². The molecule has 0 aromatic carbocycles. The lowest BCUT2D eigenvalue weighted by Crippen LogP contribution is -2.61. The summed E-state index contributed by atoms with van der Waals surface area (Å²) < 4.78 is 37.1. The van der Waals surface area contributed by atoms with Crippen molar-refractivity contribution < 1.29 is 17.9 Å². The molecular weight excluding hydrogens is 242 g/mol. The summed E-state index contributed by atoms with van der Waals surface area (Å²) in [5, 5.41) is -0.345. The van der Waals surface area contributed by atoms with Crippen LogP contribution in [0.1, 0.15) is 19.8 Å². The second-order valence-electron chi connectivity index (χ2n) is 5.52. The van der Waals surface area contributed by atoms with Gasteiger partial charge in [0, 0.05) is 31.7 Å². The summed E-state index contributed by atoms with van der Waals surface area (Å²) in [4.78, 5) is 0. The van der Waals surface area contributed by atoms with E-state index in [9.17, 15) is 8.42 Å². The maximum absolute atomic E-state index is 12.4. The van der Waals surface area contributed by atoms with Crippen LogP contribution in [0.25, 0.3) is 0 Å². The topological polar surface area (TPSA) is 55.8 Å². The molecule has 1 spiro atoms. The van der Waals surface area contributed by atoms with Gasteiger partial charge < -0.3 is 9.47 Å². The van der Waals surface area contributed by atoms with Crippen molar-refractivity contribution in [3.05, 3.63) is 0 Å². The van der Waals surface area contributed by atoms with E-state index < -0.39 is 10.0 Å². The molecule has 0 amide bonds. The summed E-state index contributed by atoms with van der Waals surface area (Å²) in [6.45, 7) is 5.18. The van der Waals surface area contributed by atoms with E-state index >= 15 is 0 Å². The largest absolute Gasteiger partial charge is 0.381 e. The predicted octanol–water partition coefficient (Wildman–Crippen LogP) is 0.216. The molecule has 2 unspecified atom stereocenters. The molecule has 3 heterocycles. The lowest BCUT2D eigenvalue weighted by molar-refractivity contribution is 0.0494. The lowest BCUT2D eigenvalue weighted by atomic mass is 9.81. The smallest absolute Gasteiger partial charge is 0.219 e. The zero-order valence-corrected chi connectivity index (χ0v) is 10.9. The number of ether oxygens (including phenoxy) is 2. The number of sulfonamides is 1. The van der Waals surface area contributed by atoms with Crippen LogP contribution >= 0.6 is 0 Å². The van der Waals surface area contributed by atoms with Gasteiger partial charge in [0.2, 0.25) is 10.0 Å². The molecule has 0 radical (unpaired) electrons. The Bertz CT molecular complexity index is 394. The molecule has 5 nitrogen and oxygen atoms in total. The third kappa shape index (κ3) is 1.82. The first-order chi connectivity index (χ1) is 8.04. The second kappa shape index (κ2) is 3.91. The van der Waals surface area contributed by atoms with Crippen LogP contribution < -0.4 is 0 Å². The molecule has 0 aliphatic carbocycles. The van der Waals surface area contributed by atoms with Gasteiger partial charge in [-0.1, -0.05) is 0 Å². The molecule has 0 N–H and O–H groups in total. The van der Waals surface area contributed by atoms with Crippen molar-refractivity contribution in [1.29, 1.82) is 0 Å². The van der Waals surface area contributed by atoms with Crippen molar-refractivity contribution >= 4 is 10.0 Å². The fraction of sp³-hybridized carbons (Fsp3) is 1.00. The number of hydrogen-bond donors (Lipinski definition) is 0. The highest BCUT2D eigenvalue weighted by atomic mass is 32.2. The van der Waals surface area contributed by atoms with E-state index in [1.807, 2.05) is 6.92 Å². The first-order valence-electron chi connectivity index (χ1n) is 6.22. The summed E-state index contributed by atoms with van der Waals surface area (Å²) in [6, 6.07) is 0. The van der Waals surface area contributed by atoms with Gasteiger partial charge in [0.25, 0.3) is 0 Å². The van der Waals surface area contributed by atoms with Crippen LogP contribution in [-0.4, -0.2) is 57.0 Å². The maximum Gasteiger partial charge on any atom is 0.219 e. The van der Waals surface area contributed by atoms with Gasteiger partial charge in [-0.05, 0) is 19.8 Å². The van der Waals surface area contributed by atoms with Crippen LogP contribution in [0.15, 0.2) is 0 Å². The summed E-state index contributed by atoms with van der Waals surface area (Å²) >= 11 is 0. The van der Waals surface area contributed by atoms with E-state index in [1.165, 1.54) is 0 Å². The molecule has 0 aromatic heterocycles. The van der Waals surface area contributed by atoms with Crippen molar-refractivity contribution in [1.82, 2.24) is 4.31 Å². The quantitative estimate of drug-likeness (QED) is 0.713. The number of hydrogen-bond acceptors (Lipinski definition) is 4. The molecule has 6 heteroatoms. The Morgan fingerprint density at radius 1 is 1.29 bits per heavy atom. The van der Waals surface area contributed by atoms with Gasteiger partial charge in [-0.25, -0.2) is 12.7 Å². The third-order valence-electron chi connectivity index (χ3n) is 4.26. The molecule has 0 aromatic rings. The van der Waals surface area contributed by atoms with Gasteiger partial charge in [0.05, 0.1) is 12.7 Å². The molecule has 3 aliphatic rings. The van der Waals surface area contributed by atoms with Gasteiger partial charge in [-0.15, -0.1) is 0 Å². The lowest BCUT2D eigenvalue weighted by Gasteiger charge is -2.47. The first kappa shape index (κ1) is 11.9. The summed E-state index contributed by atoms with van der Waals surface area (Å²) in [5.74, 6) is 0. The van der Waals surface area contributed by atoms with Gasteiger partial charge in [0.1, 0.15) is 5.25 Å². The highest BCUT2D eigenvalue weighted by Gasteiger charge is 2.53. The van der Waals surface area contributed by atoms with E-state index in [2.05, 4.69) is 0 Å². The van der Waals surface area contributed by atoms with Gasteiger partial charge in [0.15, 0.2) is 0 Å². The molecule has 3 aliphatic heterocycles. The average molecular weight is 261 g/mol. The standard InChI is InChI=1S/C11H19NO4S/c1-9-10(2-4-16-9)17(13,14)12-6-11(7-12)3-5-15-8-11/h9-10H,2-8H2,1H3. The molecule has 98 valence electrons. The molecule has 0 bridgehead atoms. The van der Waals surface area contributed by atoms with Gasteiger partial charge >= 0.3 is 0 Å². The second-order valence-corrected chi connectivity index (χ2v) is 7.67. The van der Waals surface area contributed by atoms with E-state index in [-0.39, 0.29) is 16.8 Å². The third-order valence-corrected chi connectivity index (χ3v) is 6.62. The van der Waals surface area contributed by atoms with Crippen molar-refractivity contribution in [2.75, 3.05) is 32.9 Å². The minimum atomic E-state index is -3.16. The van der Waals surface area contributed by atoms with E-state index in [1.54, 1.807) is 4.31 Å². The number of nitrogens with zero attached hydrogens (tertiary/aromatic N) is 1. The molecule has 3 rings (SSSR count). The number of rotatable bonds is 2. The SMILES string of the molecule is CC1OCCC1S(=O)(=O)N1CC2(CCOC2)C1. The Kier molecular flexibility index (Phi) is 2.74. The minimum Gasteiger partial charge on any atom is -0.381 e. The fourth-order valence-electron chi connectivity index (χ4n) is 3.08. The van der Waals surface area contributed by atoms with E-state index in [0.717, 1.165) is 19.6 Å². The molecule has 17 heavy (non-hydrogen) atoms. The predicted molar refractivity (Wildman–Crippen MR) is 62.2 cm³/mol. The summed E-state index contributed by atoms with van der Waals surface area (Å²) in [5.41, 5.74) is 0.121. The molecule has 2 atom stereocenters. The maximum atomic E-state index is 12.4. The van der Waals surface area contributed by atoms with E-state index in [4.69, 9.17) is 9.47 Å². The zero-order valence-electron chi connectivity index (χ0n) is 10.1. The van der Waals surface area contributed by atoms with Crippen LogP contribution in [-0.2, 0) is 19.5 Å². The average Bonchev–Trinajstić information content (AvgIpc) is 2.82. The monoisotopic (exact) mass is 261 g/mol. The van der Waals surface area contributed by atoms with E-state index in [0.29, 0.717) is 26.1 Å². The Balaban J connectivity index is 1.69. The Hall–Kier alpha value is -0.170. The van der Waals surface area contributed by atoms with Crippen molar-refractivity contribution in [2.45, 2.75) is 31.1 Å². The van der Waals surface area contributed by atoms with Crippen LogP contribution in [0.2, 0.25) is 0 Å². The summed E-state index contributed by atoms with van der Waals surface area (Å²) in [6.07, 6.45) is 1.45. The Labute approximate surface area is 102 Å². The van der Waals surface area contributed by atoms with Crippen molar-refractivity contribution in [3.63, 3.8) is 0 Å². The highest BCUT2D eigenvalue weighted by molar-refractivity contribution is 7.89. The van der Waals surface area contributed by atoms with Crippen molar-refractivity contribution in [3.8, 4) is 0 Å². The molecule has 0 saturated carbocycles. The van der Waals surface area contributed by atoms with Crippen LogP contribution in [0, 0.1) is 5.41 Å². The first-order valence-corrected chi connectivity index (χ1v) is 7.72. The van der Waals surface area contributed by atoms with Crippen LogP contribution in [0.5, 0.6) is 0 Å². The van der Waals surface area contributed by atoms with Crippen LogP contribution in [0.3, 0.4) is 0 Å². The van der Waals surface area contributed by atoms with Crippen molar-refractivity contribution in [2.24, 2.45) is 5.41 Å². The molecule has 3 saturated heterocycles. The normalized spacial score (nSPS) is 37.5.